The van der Waals surface area contributed by atoms with Crippen molar-refractivity contribution in [1.29, 1.82) is 0 Å². The van der Waals surface area contributed by atoms with Crippen LogP contribution in [0.4, 0.5) is 0 Å². The topological polar surface area (TPSA) is 117 Å². The highest BCUT2D eigenvalue weighted by Gasteiger charge is 2.22. The van der Waals surface area contributed by atoms with Gasteiger partial charge in [0.2, 0.25) is 17.1 Å². The molecule has 9 heterocycles. The van der Waals surface area contributed by atoms with Gasteiger partial charge in [0.25, 0.3) is 0 Å². The maximum absolute atomic E-state index is 6.50. The quantitative estimate of drug-likeness (QED) is 0.125. The highest BCUT2D eigenvalue weighted by molar-refractivity contribution is 6.11. The predicted molar refractivity (Wildman–Crippen MR) is 389 cm³/mol. The van der Waals surface area contributed by atoms with Crippen molar-refractivity contribution in [1.82, 2.24) is 29.9 Å². The minimum Gasteiger partial charge on any atom is -0.437 e. The van der Waals surface area contributed by atoms with Gasteiger partial charge in [-0.3, -0.25) is 15.0 Å². The molecule has 0 unspecified atom stereocenters. The summed E-state index contributed by atoms with van der Waals surface area (Å²) in [4.78, 5) is 29.9. The first-order chi connectivity index (χ1) is 47.3. The van der Waals surface area contributed by atoms with Crippen molar-refractivity contribution in [2.45, 2.75) is 20.8 Å². The van der Waals surface area contributed by atoms with Crippen molar-refractivity contribution < 1.29 is 13.3 Å². The molecule has 18 aromatic rings. The molecule has 0 spiro atoms. The van der Waals surface area contributed by atoms with Crippen LogP contribution in [0, 0.1) is 20.8 Å². The summed E-state index contributed by atoms with van der Waals surface area (Å²) in [7, 11) is 0. The number of nitrogens with zero attached hydrogens (tertiary/aromatic N) is 6. The second-order valence-corrected chi connectivity index (χ2v) is 24.7. The molecule has 9 heteroatoms. The number of aromatic nitrogens is 6. The summed E-state index contributed by atoms with van der Waals surface area (Å²) in [5.74, 6) is 0. The molecular weight excluding hydrogens is 1180 g/mol. The normalized spacial score (nSPS) is 11.7. The Morgan fingerprint density at radius 1 is 0.208 bits per heavy atom. The second-order valence-electron chi connectivity index (χ2n) is 24.7. The van der Waals surface area contributed by atoms with Gasteiger partial charge >= 0.3 is 0 Å². The van der Waals surface area contributed by atoms with E-state index in [2.05, 4.69) is 249 Å². The number of benzene rings is 9. The average Bonchev–Trinajstić information content (AvgIpc) is 1.07. The van der Waals surface area contributed by atoms with Crippen molar-refractivity contribution in [3.8, 4) is 123 Å². The third kappa shape index (κ3) is 9.79. The molecule has 0 fully saturated rings. The fraction of sp³-hybridized carbons (Fsp3) is 0.0345. The van der Waals surface area contributed by atoms with Crippen LogP contribution < -0.4 is 0 Å². The third-order valence-electron chi connectivity index (χ3n) is 18.6. The molecule has 0 saturated heterocycles. The number of para-hydroxylation sites is 3. The number of hydrogen-bond acceptors (Lipinski definition) is 9. The van der Waals surface area contributed by atoms with Crippen molar-refractivity contribution in [3.63, 3.8) is 0 Å². The third-order valence-corrected chi connectivity index (χ3v) is 18.6. The van der Waals surface area contributed by atoms with E-state index in [1.54, 1.807) is 0 Å². The van der Waals surface area contributed by atoms with Gasteiger partial charge in [0, 0.05) is 101 Å². The van der Waals surface area contributed by atoms with Gasteiger partial charge < -0.3 is 13.3 Å². The average molecular weight is 1230 g/mol. The summed E-state index contributed by atoms with van der Waals surface area (Å²) in [6.45, 7) is 5.95. The fourth-order valence-corrected chi connectivity index (χ4v) is 13.8. The van der Waals surface area contributed by atoms with Crippen LogP contribution in [0.25, 0.3) is 189 Å². The molecular formula is C87H56N6O3. The highest BCUT2D eigenvalue weighted by atomic mass is 16.3. The number of aryl methyl sites for hydroxylation is 3. The molecule has 96 heavy (non-hydrogen) atoms. The van der Waals surface area contributed by atoms with Gasteiger partial charge in [-0.15, -0.1) is 0 Å². The maximum Gasteiger partial charge on any atom is 0.227 e. The van der Waals surface area contributed by atoms with E-state index in [4.69, 9.17) is 43.2 Å². The van der Waals surface area contributed by atoms with Crippen LogP contribution in [-0.2, 0) is 0 Å². The molecule has 9 nitrogen and oxygen atoms in total. The number of hydrogen-bond donors (Lipinski definition) is 0. The number of furan rings is 3. The van der Waals surface area contributed by atoms with Gasteiger partial charge in [0.1, 0.15) is 16.7 Å². The largest absolute Gasteiger partial charge is 0.437 e. The first kappa shape index (κ1) is 56.1. The van der Waals surface area contributed by atoms with E-state index in [0.29, 0.717) is 17.1 Å². The first-order valence-corrected chi connectivity index (χ1v) is 32.2. The molecule has 0 saturated carbocycles. The van der Waals surface area contributed by atoms with Crippen LogP contribution in [0.5, 0.6) is 0 Å². The first-order valence-electron chi connectivity index (χ1n) is 32.2. The van der Waals surface area contributed by atoms with Crippen LogP contribution in [0.1, 0.15) is 17.1 Å². The van der Waals surface area contributed by atoms with Gasteiger partial charge in [-0.05, 0) is 196 Å². The minimum atomic E-state index is 0.617. The van der Waals surface area contributed by atoms with Crippen LogP contribution in [-0.4, -0.2) is 29.9 Å². The zero-order valence-electron chi connectivity index (χ0n) is 52.5. The molecule has 0 amide bonds. The zero-order valence-corrected chi connectivity index (χ0v) is 52.5. The molecule has 452 valence electrons. The maximum atomic E-state index is 6.50. The Balaban J connectivity index is 0.816. The highest BCUT2D eigenvalue weighted by Crippen LogP contribution is 2.46. The monoisotopic (exact) mass is 1230 g/mol. The van der Waals surface area contributed by atoms with Crippen LogP contribution in [0.2, 0.25) is 0 Å². The number of pyridine rings is 6. The summed E-state index contributed by atoms with van der Waals surface area (Å²) in [6, 6.07) is 94.3. The van der Waals surface area contributed by atoms with E-state index in [-0.39, 0.29) is 0 Å². The summed E-state index contributed by atoms with van der Waals surface area (Å²) >= 11 is 0. The van der Waals surface area contributed by atoms with Gasteiger partial charge in [-0.1, -0.05) is 164 Å². The SMILES string of the molecule is Cc1ccc2c(n1)oc1c(-c3ccc(-c4ccccc4-c4cc(-c5ccc(-c6ccccc6)cc5-c5ccc(-c6cccc7c6oc6nc(C)ccc67)nc5)cc(-c5ccc(-c6ccccc6)cc5-c5ccc(-c6cccc7c6oc6nc(C)ccc67)nc5)c4)cn3)cccc12. The summed E-state index contributed by atoms with van der Waals surface area (Å²) in [5, 5.41) is 5.96. The number of rotatable bonds is 11. The molecule has 0 atom stereocenters. The van der Waals surface area contributed by atoms with Gasteiger partial charge in [0.05, 0.1) is 17.1 Å². The van der Waals surface area contributed by atoms with E-state index in [9.17, 15) is 0 Å². The molecule has 9 aromatic carbocycles. The fourth-order valence-electron chi connectivity index (χ4n) is 13.8. The Bertz CT molecular complexity index is 5820. The van der Waals surface area contributed by atoms with Crippen molar-refractivity contribution in [2.24, 2.45) is 0 Å². The van der Waals surface area contributed by atoms with Crippen molar-refractivity contribution in [3.05, 3.63) is 303 Å². The van der Waals surface area contributed by atoms with Gasteiger partial charge in [0.15, 0.2) is 0 Å². The van der Waals surface area contributed by atoms with Crippen molar-refractivity contribution in [2.75, 3.05) is 0 Å². The lowest BCUT2D eigenvalue weighted by Crippen LogP contribution is -1.94. The lowest BCUT2D eigenvalue weighted by Gasteiger charge is -2.19. The molecule has 0 aliphatic rings. The Morgan fingerprint density at radius 3 is 0.875 bits per heavy atom. The molecule has 9 aromatic heterocycles. The van der Waals surface area contributed by atoms with Crippen LogP contribution in [0.15, 0.2) is 299 Å². The van der Waals surface area contributed by atoms with E-state index in [1.807, 2.05) is 57.6 Å². The molecule has 0 aliphatic heterocycles. The Kier molecular flexibility index (Phi) is 13.3. The van der Waals surface area contributed by atoms with E-state index in [1.165, 1.54) is 0 Å². The number of fused-ring (bicyclic) bond motifs is 9. The smallest absolute Gasteiger partial charge is 0.227 e. The predicted octanol–water partition coefficient (Wildman–Crippen LogP) is 23.0. The van der Waals surface area contributed by atoms with Crippen LogP contribution in [0.3, 0.4) is 0 Å². The second kappa shape index (κ2) is 22.8. The summed E-state index contributed by atoms with van der Waals surface area (Å²) < 4.78 is 19.5. The van der Waals surface area contributed by atoms with Gasteiger partial charge in [-0.25, -0.2) is 15.0 Å². The Morgan fingerprint density at radius 2 is 0.521 bits per heavy atom. The lowest BCUT2D eigenvalue weighted by molar-refractivity contribution is 0.653. The van der Waals surface area contributed by atoms with E-state index >= 15 is 0 Å². The summed E-state index contributed by atoms with van der Waals surface area (Å²) in [6.07, 6.45) is 5.98. The minimum absolute atomic E-state index is 0.617. The van der Waals surface area contributed by atoms with E-state index in [0.717, 1.165) is 189 Å². The molecule has 0 aliphatic carbocycles. The molecule has 0 N–H and O–H groups in total. The molecule has 0 radical (unpaired) electrons. The Labute approximate surface area is 552 Å². The van der Waals surface area contributed by atoms with Crippen LogP contribution >= 0.6 is 0 Å². The van der Waals surface area contributed by atoms with Crippen molar-refractivity contribution >= 4 is 66.2 Å². The summed E-state index contributed by atoms with van der Waals surface area (Å²) in [5.41, 5.74) is 28.6. The lowest BCUT2D eigenvalue weighted by atomic mass is 9.85. The Hall–Kier alpha value is -12.7. The molecule has 18 rings (SSSR count). The standard InChI is InChI=1S/C87H56N6O3/c1-51-27-35-71-68-21-12-24-74(82(68)94-85(71)91-51)79-40-32-58(48-88-79)64-19-10-11-20-65(64)61-43-62(66-38-30-56(54-15-6-4-7-16-54)46-77(66)59-33-41-80(89-49-59)75-25-13-22-69-72-36-28-52(2)92-86(72)95-83(69)75)45-63(44-61)67-39-31-57(55-17-8-5-9-18-55)47-78(67)60-34-42-81(90-50-60)76-26-14-23-70-73-37-29-53(3)93-87(73)96-84(70)76/h4-50H,1-3H3. The van der Waals surface area contributed by atoms with E-state index < -0.39 is 0 Å². The molecule has 0 bridgehead atoms. The van der Waals surface area contributed by atoms with Gasteiger partial charge in [-0.2, -0.15) is 0 Å². The zero-order chi connectivity index (χ0) is 64.0.